The molecule has 2 aliphatic carbocycles. The van der Waals surface area contributed by atoms with Gasteiger partial charge in [-0.15, -0.1) is 0 Å². The van der Waals surface area contributed by atoms with Gasteiger partial charge in [-0.1, -0.05) is 12.5 Å². The number of carbonyl (C=O) groups is 1. The zero-order valence-corrected chi connectivity index (χ0v) is 14.7. The van der Waals surface area contributed by atoms with Crippen LogP contribution < -0.4 is 4.74 Å². The second kappa shape index (κ2) is 7.34. The molecule has 1 saturated carbocycles. The summed E-state index contributed by atoms with van der Waals surface area (Å²) in [6.45, 7) is 1.72. The lowest BCUT2D eigenvalue weighted by Gasteiger charge is -2.40. The smallest absolute Gasteiger partial charge is 0.260 e. The van der Waals surface area contributed by atoms with Crippen molar-refractivity contribution in [3.05, 3.63) is 29.3 Å². The summed E-state index contributed by atoms with van der Waals surface area (Å²) in [5, 5.41) is 10.2. The first-order valence-corrected chi connectivity index (χ1v) is 9.52. The van der Waals surface area contributed by atoms with E-state index in [1.54, 1.807) is 0 Å². The van der Waals surface area contributed by atoms with Gasteiger partial charge in [0.15, 0.2) is 6.61 Å². The summed E-state index contributed by atoms with van der Waals surface area (Å²) >= 11 is 0. The van der Waals surface area contributed by atoms with Gasteiger partial charge in [0.05, 0.1) is 25.4 Å². The molecule has 0 bridgehead atoms. The Labute approximate surface area is 148 Å². The van der Waals surface area contributed by atoms with E-state index in [2.05, 4.69) is 12.1 Å². The van der Waals surface area contributed by atoms with E-state index in [9.17, 15) is 9.90 Å². The Morgan fingerprint density at radius 1 is 1.24 bits per heavy atom. The Morgan fingerprint density at radius 2 is 2.12 bits per heavy atom. The summed E-state index contributed by atoms with van der Waals surface area (Å²) in [5.41, 5.74) is 2.76. The maximum atomic E-state index is 12.7. The van der Waals surface area contributed by atoms with Gasteiger partial charge in [0.1, 0.15) is 5.75 Å². The Balaban J connectivity index is 1.39. The van der Waals surface area contributed by atoms with Crippen LogP contribution in [0.25, 0.3) is 0 Å². The zero-order chi connectivity index (χ0) is 17.2. The third-order valence-electron chi connectivity index (χ3n) is 5.94. The van der Waals surface area contributed by atoms with Gasteiger partial charge in [0, 0.05) is 12.5 Å². The van der Waals surface area contributed by atoms with Crippen LogP contribution in [0.2, 0.25) is 0 Å². The largest absolute Gasteiger partial charge is 0.484 e. The molecule has 1 heterocycles. The number of hydrogen-bond donors (Lipinski definition) is 1. The maximum Gasteiger partial charge on any atom is 0.260 e. The highest BCUT2D eigenvalue weighted by Gasteiger charge is 2.39. The standard InChI is InChI=1S/C20H27NO4/c22-19-6-2-5-17(19)18-12-24-10-9-21(18)20(23)13-25-16-8-7-14-3-1-4-15(14)11-16/h7-8,11,17-19,22H,1-6,9-10,12-13H2/t17-,18+,19-/m0/s1. The highest BCUT2D eigenvalue weighted by atomic mass is 16.5. The second-order valence-electron chi connectivity index (χ2n) is 7.46. The van der Waals surface area contributed by atoms with Crippen molar-refractivity contribution in [1.29, 1.82) is 0 Å². The van der Waals surface area contributed by atoms with Crippen molar-refractivity contribution in [3.63, 3.8) is 0 Å². The van der Waals surface area contributed by atoms with Crippen molar-refractivity contribution in [3.8, 4) is 5.75 Å². The summed E-state index contributed by atoms with van der Waals surface area (Å²) in [7, 11) is 0. The van der Waals surface area contributed by atoms with Gasteiger partial charge in [-0.25, -0.2) is 0 Å². The van der Waals surface area contributed by atoms with Gasteiger partial charge in [-0.05, 0) is 55.4 Å². The SMILES string of the molecule is O=C(COc1ccc2c(c1)CCC2)N1CCOC[C@@H]1[C@@H]1CCC[C@@H]1O. The molecule has 136 valence electrons. The van der Waals surface area contributed by atoms with Crippen molar-refractivity contribution in [2.45, 2.75) is 50.7 Å². The molecule has 25 heavy (non-hydrogen) atoms. The fourth-order valence-electron chi connectivity index (χ4n) is 4.57. The molecule has 0 aromatic heterocycles. The Hall–Kier alpha value is -1.59. The first kappa shape index (κ1) is 16.9. The van der Waals surface area contributed by atoms with Gasteiger partial charge in [0.2, 0.25) is 0 Å². The van der Waals surface area contributed by atoms with Crippen molar-refractivity contribution >= 4 is 5.91 Å². The van der Waals surface area contributed by atoms with Crippen LogP contribution in [0, 0.1) is 5.92 Å². The van der Waals surface area contributed by atoms with Crippen LogP contribution in [0.5, 0.6) is 5.75 Å². The number of aliphatic hydroxyl groups is 1. The topological polar surface area (TPSA) is 59.0 Å². The van der Waals surface area contributed by atoms with E-state index in [0.29, 0.717) is 19.8 Å². The maximum absolute atomic E-state index is 12.7. The van der Waals surface area contributed by atoms with Crippen molar-refractivity contribution in [2.24, 2.45) is 5.92 Å². The Kier molecular flexibility index (Phi) is 4.95. The third kappa shape index (κ3) is 3.53. The summed E-state index contributed by atoms with van der Waals surface area (Å²) in [4.78, 5) is 14.6. The lowest BCUT2D eigenvalue weighted by molar-refractivity contribution is -0.146. The molecule has 0 unspecified atom stereocenters. The van der Waals surface area contributed by atoms with Crippen molar-refractivity contribution in [1.82, 2.24) is 4.90 Å². The quantitative estimate of drug-likeness (QED) is 0.906. The number of rotatable bonds is 4. The van der Waals surface area contributed by atoms with Gasteiger partial charge in [0.25, 0.3) is 5.91 Å². The van der Waals surface area contributed by atoms with Crippen LogP contribution in [-0.2, 0) is 22.4 Å². The van der Waals surface area contributed by atoms with Crippen LogP contribution in [0.15, 0.2) is 18.2 Å². The van der Waals surface area contributed by atoms with Gasteiger partial charge < -0.3 is 19.5 Å². The molecule has 2 fully saturated rings. The number of hydrogen-bond acceptors (Lipinski definition) is 4. The van der Waals surface area contributed by atoms with Crippen LogP contribution >= 0.6 is 0 Å². The normalized spacial score (nSPS) is 28.8. The van der Waals surface area contributed by atoms with E-state index >= 15 is 0 Å². The lowest BCUT2D eigenvalue weighted by atomic mass is 9.94. The summed E-state index contributed by atoms with van der Waals surface area (Å²) in [6, 6.07) is 6.14. The molecule has 3 atom stereocenters. The molecular formula is C20H27NO4. The number of benzene rings is 1. The van der Waals surface area contributed by atoms with Crippen LogP contribution in [-0.4, -0.2) is 54.4 Å². The van der Waals surface area contributed by atoms with Crippen LogP contribution in [0.1, 0.15) is 36.8 Å². The van der Waals surface area contributed by atoms with Crippen molar-refractivity contribution < 1.29 is 19.4 Å². The number of morpholine rings is 1. The van der Waals surface area contributed by atoms with E-state index < -0.39 is 0 Å². The molecule has 1 amide bonds. The first-order valence-electron chi connectivity index (χ1n) is 9.52. The number of fused-ring (bicyclic) bond motifs is 1. The summed E-state index contributed by atoms with van der Waals surface area (Å²) in [5.74, 6) is 0.900. The molecule has 1 N–H and O–H groups in total. The molecule has 0 spiro atoms. The average Bonchev–Trinajstić information content (AvgIpc) is 3.27. The van der Waals surface area contributed by atoms with Crippen LogP contribution in [0.3, 0.4) is 0 Å². The highest BCUT2D eigenvalue weighted by Crippen LogP contribution is 2.32. The summed E-state index contributed by atoms with van der Waals surface area (Å²) in [6.07, 6.45) is 5.95. The Bertz CT molecular complexity index is 632. The van der Waals surface area contributed by atoms with E-state index in [4.69, 9.17) is 9.47 Å². The highest BCUT2D eigenvalue weighted by molar-refractivity contribution is 5.78. The van der Waals surface area contributed by atoms with Crippen LogP contribution in [0.4, 0.5) is 0 Å². The predicted octanol–water partition coefficient (Wildman–Crippen LogP) is 1.94. The molecule has 3 aliphatic rings. The minimum atomic E-state index is -0.320. The monoisotopic (exact) mass is 345 g/mol. The molecule has 5 nitrogen and oxygen atoms in total. The fourth-order valence-corrected chi connectivity index (χ4v) is 4.57. The number of aliphatic hydroxyl groups excluding tert-OH is 1. The minimum Gasteiger partial charge on any atom is -0.484 e. The molecule has 4 rings (SSSR count). The van der Waals surface area contributed by atoms with E-state index in [1.807, 2.05) is 11.0 Å². The fraction of sp³-hybridized carbons (Fsp3) is 0.650. The van der Waals surface area contributed by atoms with Gasteiger partial charge in [-0.3, -0.25) is 4.79 Å². The lowest BCUT2D eigenvalue weighted by Crippen LogP contribution is -2.54. The number of carbonyl (C=O) groups excluding carboxylic acids is 1. The number of amides is 1. The van der Waals surface area contributed by atoms with Gasteiger partial charge >= 0.3 is 0 Å². The number of aryl methyl sites for hydroxylation is 2. The molecule has 1 saturated heterocycles. The van der Waals surface area contributed by atoms with E-state index in [0.717, 1.165) is 37.9 Å². The summed E-state index contributed by atoms with van der Waals surface area (Å²) < 4.78 is 11.4. The van der Waals surface area contributed by atoms with E-state index in [1.165, 1.54) is 17.5 Å². The first-order chi connectivity index (χ1) is 12.2. The van der Waals surface area contributed by atoms with E-state index in [-0.39, 0.29) is 30.6 Å². The zero-order valence-electron chi connectivity index (χ0n) is 14.7. The predicted molar refractivity (Wildman–Crippen MR) is 93.6 cm³/mol. The molecule has 1 aromatic rings. The molecular weight excluding hydrogens is 318 g/mol. The minimum absolute atomic E-state index is 0.00658. The van der Waals surface area contributed by atoms with Gasteiger partial charge in [-0.2, -0.15) is 0 Å². The second-order valence-corrected chi connectivity index (χ2v) is 7.46. The van der Waals surface area contributed by atoms with Crippen molar-refractivity contribution in [2.75, 3.05) is 26.4 Å². The molecule has 1 aromatic carbocycles. The number of nitrogens with zero attached hydrogens (tertiary/aromatic N) is 1. The third-order valence-corrected chi connectivity index (χ3v) is 5.94. The Morgan fingerprint density at radius 3 is 2.96 bits per heavy atom. The number of ether oxygens (including phenoxy) is 2. The average molecular weight is 345 g/mol. The molecule has 5 heteroatoms. The molecule has 1 aliphatic heterocycles. The molecule has 0 radical (unpaired) electrons.